The number of nitrogens with zero attached hydrogens (tertiary/aromatic N) is 1. The van der Waals surface area contributed by atoms with Crippen molar-refractivity contribution in [2.45, 2.75) is 12.8 Å². The predicted octanol–water partition coefficient (Wildman–Crippen LogP) is 0.677. The largest absolute Gasteiger partial charge is 0.480 e. The number of benzene rings is 1. The third-order valence-electron chi connectivity index (χ3n) is 3.83. The number of rotatable bonds is 4. The Kier molecular flexibility index (Phi) is 4.05. The number of para-hydroxylation sites is 1. The fraction of sp³-hybridized carbons (Fsp3) is 0.400. The molecular weight excluding hydrogens is 304 g/mol. The summed E-state index contributed by atoms with van der Waals surface area (Å²) in [5, 5.41) is 11.5. The second-order valence-electron chi connectivity index (χ2n) is 5.38. The van der Waals surface area contributed by atoms with Gasteiger partial charge in [0.15, 0.2) is 11.5 Å². The summed E-state index contributed by atoms with van der Waals surface area (Å²) in [5.74, 6) is -1.93. The number of hydrogen-bond acceptors (Lipinski definition) is 5. The Morgan fingerprint density at radius 2 is 2.17 bits per heavy atom. The van der Waals surface area contributed by atoms with E-state index in [1.54, 1.807) is 18.2 Å². The summed E-state index contributed by atoms with van der Waals surface area (Å²) in [6, 6.07) is 5.09. The van der Waals surface area contributed by atoms with Crippen LogP contribution in [0, 0.1) is 5.92 Å². The first-order valence-electron chi connectivity index (χ1n) is 7.26. The average molecular weight is 320 g/mol. The van der Waals surface area contributed by atoms with Crippen LogP contribution in [-0.4, -0.2) is 47.7 Å². The van der Waals surface area contributed by atoms with Gasteiger partial charge >= 0.3 is 5.97 Å². The fourth-order valence-corrected chi connectivity index (χ4v) is 2.75. The van der Waals surface area contributed by atoms with Gasteiger partial charge < -0.3 is 24.8 Å². The lowest BCUT2D eigenvalue weighted by molar-refractivity contribution is -0.150. The van der Waals surface area contributed by atoms with E-state index < -0.39 is 23.7 Å². The molecule has 1 unspecified atom stereocenters. The highest BCUT2D eigenvalue weighted by atomic mass is 16.7. The van der Waals surface area contributed by atoms with E-state index in [2.05, 4.69) is 5.32 Å². The number of carbonyl (C=O) groups is 3. The van der Waals surface area contributed by atoms with Gasteiger partial charge in [-0.05, 0) is 25.0 Å². The van der Waals surface area contributed by atoms with Gasteiger partial charge in [-0.25, -0.2) is 0 Å². The number of ether oxygens (including phenoxy) is 2. The molecule has 0 aromatic heterocycles. The van der Waals surface area contributed by atoms with Gasteiger partial charge in [-0.2, -0.15) is 0 Å². The Morgan fingerprint density at radius 3 is 2.96 bits per heavy atom. The summed E-state index contributed by atoms with van der Waals surface area (Å²) in [5.41, 5.74) is 0.438. The lowest BCUT2D eigenvalue weighted by Gasteiger charge is -2.30. The first-order valence-corrected chi connectivity index (χ1v) is 7.26. The SMILES string of the molecule is O=C(O)CN1CCCC(C(=O)Nc2cccc3c2OCO3)C1=O. The maximum atomic E-state index is 12.4. The number of carbonyl (C=O) groups excluding carboxylic acids is 2. The Labute approximate surface area is 132 Å². The van der Waals surface area contributed by atoms with Gasteiger partial charge in [-0.1, -0.05) is 6.07 Å². The van der Waals surface area contributed by atoms with Crippen LogP contribution in [-0.2, 0) is 14.4 Å². The Morgan fingerprint density at radius 1 is 1.35 bits per heavy atom. The van der Waals surface area contributed by atoms with Crippen molar-refractivity contribution in [2.75, 3.05) is 25.2 Å². The summed E-state index contributed by atoms with van der Waals surface area (Å²) in [6.45, 7) is 0.0455. The van der Waals surface area contributed by atoms with E-state index in [1.165, 1.54) is 4.90 Å². The molecule has 0 aliphatic carbocycles. The van der Waals surface area contributed by atoms with E-state index in [-0.39, 0.29) is 13.3 Å². The monoisotopic (exact) mass is 320 g/mol. The number of carboxylic acid groups (broad SMARTS) is 1. The average Bonchev–Trinajstić information content (AvgIpc) is 2.98. The zero-order chi connectivity index (χ0) is 16.4. The van der Waals surface area contributed by atoms with Gasteiger partial charge in [0.05, 0.1) is 5.69 Å². The van der Waals surface area contributed by atoms with Crippen LogP contribution in [0.25, 0.3) is 0 Å². The molecule has 1 fully saturated rings. The van der Waals surface area contributed by atoms with Crippen LogP contribution in [0.4, 0.5) is 5.69 Å². The molecule has 8 nitrogen and oxygen atoms in total. The summed E-state index contributed by atoms with van der Waals surface area (Å²) >= 11 is 0. The number of anilines is 1. The first kappa shape index (κ1) is 15.1. The standard InChI is InChI=1S/C15H16N2O6/c18-12(19)7-17-6-2-3-9(15(17)21)14(20)16-10-4-1-5-11-13(10)23-8-22-11/h1,4-5,9H,2-3,6-8H2,(H,16,20)(H,18,19). The maximum absolute atomic E-state index is 12.4. The lowest BCUT2D eigenvalue weighted by Crippen LogP contribution is -2.47. The molecular formula is C15H16N2O6. The number of carboxylic acids is 1. The van der Waals surface area contributed by atoms with Crippen molar-refractivity contribution < 1.29 is 29.0 Å². The van der Waals surface area contributed by atoms with Gasteiger partial charge in [0, 0.05) is 6.54 Å². The molecule has 1 aromatic carbocycles. The number of likely N-dealkylation sites (tertiary alicyclic amines) is 1. The molecule has 3 rings (SSSR count). The minimum atomic E-state index is -1.09. The summed E-state index contributed by atoms with van der Waals surface area (Å²) in [7, 11) is 0. The van der Waals surface area contributed by atoms with Crippen LogP contribution in [0.2, 0.25) is 0 Å². The Bertz CT molecular complexity index is 659. The second-order valence-corrected chi connectivity index (χ2v) is 5.38. The number of fused-ring (bicyclic) bond motifs is 1. The van der Waals surface area contributed by atoms with Gasteiger partial charge in [0.25, 0.3) is 0 Å². The van der Waals surface area contributed by atoms with E-state index in [1.807, 2.05) is 0 Å². The van der Waals surface area contributed by atoms with Crippen LogP contribution >= 0.6 is 0 Å². The number of piperidine rings is 1. The maximum Gasteiger partial charge on any atom is 0.323 e. The number of nitrogens with one attached hydrogen (secondary N) is 1. The van der Waals surface area contributed by atoms with Crippen molar-refractivity contribution in [2.24, 2.45) is 5.92 Å². The van der Waals surface area contributed by atoms with Crippen LogP contribution < -0.4 is 14.8 Å². The Balaban J connectivity index is 1.72. The van der Waals surface area contributed by atoms with E-state index in [0.29, 0.717) is 36.6 Å². The molecule has 2 aliphatic rings. The zero-order valence-electron chi connectivity index (χ0n) is 12.3. The molecule has 1 aromatic rings. The lowest BCUT2D eigenvalue weighted by atomic mass is 9.96. The van der Waals surface area contributed by atoms with Gasteiger partial charge in [0.1, 0.15) is 12.5 Å². The molecule has 1 atom stereocenters. The van der Waals surface area contributed by atoms with Crippen LogP contribution in [0.3, 0.4) is 0 Å². The fourth-order valence-electron chi connectivity index (χ4n) is 2.75. The van der Waals surface area contributed by atoms with Crippen molar-refractivity contribution >= 4 is 23.5 Å². The highest BCUT2D eigenvalue weighted by molar-refractivity contribution is 6.07. The predicted molar refractivity (Wildman–Crippen MR) is 78.1 cm³/mol. The molecule has 0 spiro atoms. The molecule has 8 heteroatoms. The van der Waals surface area contributed by atoms with Crippen LogP contribution in [0.1, 0.15) is 12.8 Å². The van der Waals surface area contributed by atoms with Crippen molar-refractivity contribution in [3.05, 3.63) is 18.2 Å². The molecule has 23 heavy (non-hydrogen) atoms. The molecule has 0 radical (unpaired) electrons. The summed E-state index contributed by atoms with van der Waals surface area (Å²) in [6.07, 6.45) is 0.983. The summed E-state index contributed by atoms with van der Waals surface area (Å²) < 4.78 is 10.5. The normalized spacial score (nSPS) is 19.6. The number of aliphatic carboxylic acids is 1. The minimum absolute atomic E-state index is 0.0803. The first-order chi connectivity index (χ1) is 11.1. The van der Waals surface area contributed by atoms with Gasteiger partial charge in [-0.15, -0.1) is 0 Å². The summed E-state index contributed by atoms with van der Waals surface area (Å²) in [4.78, 5) is 36.7. The molecule has 0 bridgehead atoms. The molecule has 2 heterocycles. The van der Waals surface area contributed by atoms with Crippen molar-refractivity contribution in [3.63, 3.8) is 0 Å². The molecule has 2 N–H and O–H groups in total. The molecule has 1 saturated heterocycles. The smallest absolute Gasteiger partial charge is 0.323 e. The number of hydrogen-bond donors (Lipinski definition) is 2. The van der Waals surface area contributed by atoms with E-state index in [4.69, 9.17) is 14.6 Å². The Hall–Kier alpha value is -2.77. The highest BCUT2D eigenvalue weighted by Crippen LogP contribution is 2.39. The quantitative estimate of drug-likeness (QED) is 0.790. The second kappa shape index (κ2) is 6.15. The zero-order valence-corrected chi connectivity index (χ0v) is 12.3. The molecule has 2 aliphatic heterocycles. The van der Waals surface area contributed by atoms with Crippen LogP contribution in [0.15, 0.2) is 18.2 Å². The van der Waals surface area contributed by atoms with Gasteiger partial charge in [0.2, 0.25) is 18.6 Å². The van der Waals surface area contributed by atoms with Crippen molar-refractivity contribution in [3.8, 4) is 11.5 Å². The van der Waals surface area contributed by atoms with E-state index in [9.17, 15) is 14.4 Å². The topological polar surface area (TPSA) is 105 Å². The van der Waals surface area contributed by atoms with Gasteiger partial charge in [-0.3, -0.25) is 14.4 Å². The van der Waals surface area contributed by atoms with Crippen molar-refractivity contribution in [1.29, 1.82) is 0 Å². The molecule has 0 saturated carbocycles. The number of amides is 2. The van der Waals surface area contributed by atoms with E-state index >= 15 is 0 Å². The molecule has 2 amide bonds. The molecule has 122 valence electrons. The third-order valence-corrected chi connectivity index (χ3v) is 3.83. The highest BCUT2D eigenvalue weighted by Gasteiger charge is 2.35. The third kappa shape index (κ3) is 3.05. The van der Waals surface area contributed by atoms with Crippen LogP contribution in [0.5, 0.6) is 11.5 Å². The van der Waals surface area contributed by atoms with E-state index in [0.717, 1.165) is 0 Å². The van der Waals surface area contributed by atoms with Crippen molar-refractivity contribution in [1.82, 2.24) is 4.90 Å². The minimum Gasteiger partial charge on any atom is -0.480 e.